The van der Waals surface area contributed by atoms with Gasteiger partial charge in [0.2, 0.25) is 5.95 Å². The van der Waals surface area contributed by atoms with E-state index in [9.17, 15) is 5.26 Å². The molecule has 11 aromatic rings. The van der Waals surface area contributed by atoms with Crippen molar-refractivity contribution >= 4 is 55.0 Å². The highest BCUT2D eigenvalue weighted by molar-refractivity contribution is 6.12. The molecule has 3 aromatic heterocycles. The second-order valence-corrected chi connectivity index (χ2v) is 15.1. The second-order valence-electron chi connectivity index (χ2n) is 15.1. The van der Waals surface area contributed by atoms with Crippen molar-refractivity contribution in [1.29, 1.82) is 5.26 Å². The van der Waals surface area contributed by atoms with E-state index >= 15 is 0 Å². The molecule has 0 fully saturated rings. The molecule has 286 valence electrons. The zero-order chi connectivity index (χ0) is 41.7. The lowest BCUT2D eigenvalue weighted by Gasteiger charge is -2.12. The molecular weight excluding hydrogens is 759 g/mol. The molecule has 0 amide bonds. The minimum absolute atomic E-state index is 0.334. The third kappa shape index (κ3) is 5.96. The molecule has 7 heteroatoms. The SMILES string of the molecule is [C-]#[N+]c1ccc(-c2ccc(-c3cc(-c4ccc(C#N)cc4)nc(-n4c5ccccc5c5cc(-c6ccc7c8ccccc8n(-c8ccccc8)c7c6)ccc54)n3)cc2)cc1[N+]#[C-]. The van der Waals surface area contributed by atoms with Crippen molar-refractivity contribution in [2.45, 2.75) is 0 Å². The summed E-state index contributed by atoms with van der Waals surface area (Å²) in [5.74, 6) is 0.523. The Morgan fingerprint density at radius 1 is 0.403 bits per heavy atom. The Morgan fingerprint density at radius 3 is 1.61 bits per heavy atom. The first-order valence-corrected chi connectivity index (χ1v) is 20.1. The molecule has 0 N–H and O–H groups in total. The van der Waals surface area contributed by atoms with Crippen molar-refractivity contribution < 1.29 is 0 Å². The molecule has 0 aliphatic carbocycles. The summed E-state index contributed by atoms with van der Waals surface area (Å²) in [7, 11) is 0. The van der Waals surface area contributed by atoms with Crippen LogP contribution in [0.15, 0.2) is 188 Å². The fraction of sp³-hybridized carbons (Fsp3) is 0. The van der Waals surface area contributed by atoms with E-state index in [1.807, 2.05) is 54.6 Å². The summed E-state index contributed by atoms with van der Waals surface area (Å²) in [6.07, 6.45) is 0. The van der Waals surface area contributed by atoms with Crippen LogP contribution >= 0.6 is 0 Å². The minimum atomic E-state index is 0.334. The molecule has 8 aromatic carbocycles. The van der Waals surface area contributed by atoms with Gasteiger partial charge in [0, 0.05) is 38.4 Å². The lowest BCUT2D eigenvalue weighted by molar-refractivity contribution is 0.995. The van der Waals surface area contributed by atoms with Crippen LogP contribution in [0.1, 0.15) is 5.56 Å². The number of aromatic nitrogens is 4. The Bertz CT molecular complexity index is 3710. The summed E-state index contributed by atoms with van der Waals surface area (Å²) < 4.78 is 4.49. The fourth-order valence-electron chi connectivity index (χ4n) is 8.64. The monoisotopic (exact) mass is 789 g/mol. The average Bonchev–Trinajstić information content (AvgIpc) is 3.86. The van der Waals surface area contributed by atoms with Crippen LogP contribution in [-0.2, 0) is 0 Å². The molecule has 0 unspecified atom stereocenters. The number of rotatable bonds is 6. The van der Waals surface area contributed by atoms with Gasteiger partial charge in [-0.15, -0.1) is 0 Å². The van der Waals surface area contributed by atoms with Gasteiger partial charge < -0.3 is 4.57 Å². The summed E-state index contributed by atoms with van der Waals surface area (Å²) in [5.41, 5.74) is 13.9. The molecule has 0 spiro atoms. The van der Waals surface area contributed by atoms with Gasteiger partial charge in [-0.05, 0) is 82.9 Å². The Morgan fingerprint density at radius 2 is 0.919 bits per heavy atom. The first kappa shape index (κ1) is 36.0. The van der Waals surface area contributed by atoms with Crippen LogP contribution < -0.4 is 0 Å². The zero-order valence-electron chi connectivity index (χ0n) is 33.0. The number of hydrogen-bond acceptors (Lipinski definition) is 3. The molecule has 3 heterocycles. The van der Waals surface area contributed by atoms with Crippen LogP contribution in [0.25, 0.3) is 110 Å². The normalized spacial score (nSPS) is 11.2. The maximum Gasteiger partial charge on any atom is 0.235 e. The van der Waals surface area contributed by atoms with E-state index in [0.29, 0.717) is 22.9 Å². The third-order valence-electron chi connectivity index (χ3n) is 11.6. The molecule has 0 atom stereocenters. The highest BCUT2D eigenvalue weighted by Gasteiger charge is 2.19. The summed E-state index contributed by atoms with van der Waals surface area (Å²) in [5, 5.41) is 14.1. The summed E-state index contributed by atoms with van der Waals surface area (Å²) in [4.78, 5) is 17.5. The van der Waals surface area contributed by atoms with Gasteiger partial charge in [-0.25, -0.2) is 9.97 Å². The van der Waals surface area contributed by atoms with Crippen LogP contribution in [0.3, 0.4) is 0 Å². The molecule has 0 bridgehead atoms. The second kappa shape index (κ2) is 14.6. The largest absolute Gasteiger partial charge is 0.309 e. The first-order valence-electron chi connectivity index (χ1n) is 20.1. The molecule has 0 saturated carbocycles. The fourth-order valence-corrected chi connectivity index (χ4v) is 8.64. The van der Waals surface area contributed by atoms with E-state index in [0.717, 1.165) is 77.8 Å². The van der Waals surface area contributed by atoms with Crippen LogP contribution in [0.2, 0.25) is 0 Å². The molecule has 62 heavy (non-hydrogen) atoms. The highest BCUT2D eigenvalue weighted by Crippen LogP contribution is 2.39. The third-order valence-corrected chi connectivity index (χ3v) is 11.6. The first-order chi connectivity index (χ1) is 30.6. The smallest absolute Gasteiger partial charge is 0.235 e. The highest BCUT2D eigenvalue weighted by atomic mass is 15.2. The maximum absolute atomic E-state index is 9.54. The van der Waals surface area contributed by atoms with E-state index in [-0.39, 0.29) is 0 Å². The van der Waals surface area contributed by atoms with E-state index in [4.69, 9.17) is 23.1 Å². The predicted octanol–water partition coefficient (Wildman–Crippen LogP) is 14.3. The Hall–Kier alpha value is -9.09. The van der Waals surface area contributed by atoms with Crippen LogP contribution in [-0.4, -0.2) is 19.1 Å². The number of hydrogen-bond donors (Lipinski definition) is 0. The van der Waals surface area contributed by atoms with E-state index in [1.165, 1.54) is 16.3 Å². The van der Waals surface area contributed by atoms with Crippen LogP contribution in [0, 0.1) is 24.5 Å². The molecule has 11 rings (SSSR count). The molecule has 7 nitrogen and oxygen atoms in total. The van der Waals surface area contributed by atoms with E-state index in [1.54, 1.807) is 24.3 Å². The predicted molar refractivity (Wildman–Crippen MR) is 250 cm³/mol. The standard InChI is InChI=1S/C55H31N7/c1-57-47-28-25-40(31-50(47)58-2)36-20-22-38(23-21-36)49-33-48(37-18-16-35(34-56)17-19-37)59-55(60-49)62-52-15-9-7-13-44(52)46-30-39(26-29-53(46)62)41-24-27-45-43-12-6-8-14-51(43)61(54(45)32-41)42-10-4-3-5-11-42/h3-33H. The number of nitriles is 1. The van der Waals surface area contributed by atoms with E-state index in [2.05, 4.69) is 134 Å². The molecule has 0 aliphatic heterocycles. The molecule has 0 saturated heterocycles. The Labute approximate surface area is 356 Å². The van der Waals surface area contributed by atoms with Crippen molar-refractivity contribution in [3.63, 3.8) is 0 Å². The Kier molecular flexibility index (Phi) is 8.50. The van der Waals surface area contributed by atoms with Gasteiger partial charge in [0.25, 0.3) is 0 Å². The maximum atomic E-state index is 9.54. The van der Waals surface area contributed by atoms with Crippen molar-refractivity contribution in [3.8, 4) is 62.5 Å². The Balaban J connectivity index is 1.07. The average molecular weight is 790 g/mol. The quantitative estimate of drug-likeness (QED) is 0.158. The van der Waals surface area contributed by atoms with Gasteiger partial charge in [-0.3, -0.25) is 14.3 Å². The summed E-state index contributed by atoms with van der Waals surface area (Å²) >= 11 is 0. The lowest BCUT2D eigenvalue weighted by Crippen LogP contribution is -2.04. The number of nitrogens with zero attached hydrogens (tertiary/aromatic N) is 7. The van der Waals surface area contributed by atoms with Crippen molar-refractivity contribution in [3.05, 3.63) is 216 Å². The van der Waals surface area contributed by atoms with Gasteiger partial charge in [-0.1, -0.05) is 127 Å². The van der Waals surface area contributed by atoms with Gasteiger partial charge >= 0.3 is 0 Å². The van der Waals surface area contributed by atoms with Gasteiger partial charge in [-0.2, -0.15) is 5.26 Å². The molecular formula is C55H31N7. The number of fused-ring (bicyclic) bond motifs is 6. The van der Waals surface area contributed by atoms with Gasteiger partial charge in [0.15, 0.2) is 11.4 Å². The van der Waals surface area contributed by atoms with Crippen LogP contribution in [0.5, 0.6) is 0 Å². The van der Waals surface area contributed by atoms with Gasteiger partial charge in [0.05, 0.1) is 58.2 Å². The lowest BCUT2D eigenvalue weighted by atomic mass is 10.0. The summed E-state index contributed by atoms with van der Waals surface area (Å²) in [6.45, 7) is 15.0. The molecule has 0 aliphatic rings. The number of para-hydroxylation sites is 3. The summed E-state index contributed by atoms with van der Waals surface area (Å²) in [6, 6.07) is 66.0. The van der Waals surface area contributed by atoms with Crippen molar-refractivity contribution in [2.75, 3.05) is 0 Å². The van der Waals surface area contributed by atoms with Gasteiger partial charge in [0.1, 0.15) is 0 Å². The van der Waals surface area contributed by atoms with Crippen molar-refractivity contribution in [2.24, 2.45) is 0 Å². The van der Waals surface area contributed by atoms with E-state index < -0.39 is 0 Å². The minimum Gasteiger partial charge on any atom is -0.309 e. The zero-order valence-corrected chi connectivity index (χ0v) is 33.0. The number of benzene rings is 8. The topological polar surface area (TPSA) is 68.2 Å². The van der Waals surface area contributed by atoms with Crippen molar-refractivity contribution in [1.82, 2.24) is 19.1 Å². The molecule has 0 radical (unpaired) electrons. The van der Waals surface area contributed by atoms with Crippen LogP contribution in [0.4, 0.5) is 11.4 Å².